The van der Waals surface area contributed by atoms with Crippen molar-refractivity contribution in [3.05, 3.63) is 57.0 Å². The Kier molecular flexibility index (Phi) is 4.52. The van der Waals surface area contributed by atoms with E-state index in [9.17, 15) is 4.79 Å². The second kappa shape index (κ2) is 6.56. The average Bonchev–Trinajstić information content (AvgIpc) is 2.49. The van der Waals surface area contributed by atoms with E-state index in [2.05, 4.69) is 19.9 Å². The van der Waals surface area contributed by atoms with Gasteiger partial charge in [0.1, 0.15) is 11.9 Å². The van der Waals surface area contributed by atoms with Crippen LogP contribution in [-0.4, -0.2) is 39.5 Å². The van der Waals surface area contributed by atoms with Crippen LogP contribution in [0.15, 0.2) is 29.2 Å². The fraction of sp³-hybridized carbons (Fsp3) is 0.400. The van der Waals surface area contributed by atoms with Crippen LogP contribution >= 0.6 is 11.6 Å². The van der Waals surface area contributed by atoms with E-state index < -0.39 is 0 Å². The molecular weight excluding hydrogens is 304 g/mol. The van der Waals surface area contributed by atoms with E-state index >= 15 is 0 Å². The van der Waals surface area contributed by atoms with Crippen LogP contribution in [0.4, 0.5) is 0 Å². The molecule has 116 valence electrons. The maximum Gasteiger partial charge on any atom is 0.251 e. The van der Waals surface area contributed by atoms with Crippen LogP contribution in [0.5, 0.6) is 0 Å². The zero-order valence-electron chi connectivity index (χ0n) is 12.3. The number of H-pyrrole nitrogens is 1. The Balaban J connectivity index is 1.71. The van der Waals surface area contributed by atoms with Gasteiger partial charge in [0.15, 0.2) is 0 Å². The first-order valence-electron chi connectivity index (χ1n) is 7.12. The second-order valence-electron chi connectivity index (χ2n) is 5.33. The lowest BCUT2D eigenvalue weighted by Crippen LogP contribution is -2.39. The number of pyridine rings is 1. The van der Waals surface area contributed by atoms with Crippen LogP contribution in [0.2, 0.25) is 5.02 Å². The zero-order valence-corrected chi connectivity index (χ0v) is 13.0. The summed E-state index contributed by atoms with van der Waals surface area (Å²) in [6.07, 6.45) is 1.42. The molecule has 1 saturated heterocycles. The third-order valence-corrected chi connectivity index (χ3v) is 3.74. The Hall–Kier alpha value is -1.76. The molecule has 2 aromatic rings. The predicted octanol–water partition coefficient (Wildman–Crippen LogP) is 1.70. The molecule has 0 aliphatic carbocycles. The average molecular weight is 321 g/mol. The number of nitrogens with zero attached hydrogens (tertiary/aromatic N) is 3. The minimum Gasteiger partial charge on any atom is -0.368 e. The SMILES string of the molecule is Cc1cc(=O)[nH]c([C@@H]2CN(Cc3ccc(Cl)cn3)CCO2)n1. The van der Waals surface area contributed by atoms with Gasteiger partial charge < -0.3 is 9.72 Å². The molecule has 1 N–H and O–H groups in total. The second-order valence-corrected chi connectivity index (χ2v) is 5.77. The van der Waals surface area contributed by atoms with Gasteiger partial charge in [-0.3, -0.25) is 14.7 Å². The van der Waals surface area contributed by atoms with Crippen LogP contribution in [-0.2, 0) is 11.3 Å². The van der Waals surface area contributed by atoms with E-state index in [1.807, 2.05) is 12.1 Å². The number of ether oxygens (including phenoxy) is 1. The molecule has 2 aromatic heterocycles. The number of aryl methyl sites for hydroxylation is 1. The molecule has 1 atom stereocenters. The molecule has 6 nitrogen and oxygen atoms in total. The third kappa shape index (κ3) is 3.71. The Morgan fingerprint density at radius 3 is 3.09 bits per heavy atom. The lowest BCUT2D eigenvalue weighted by Gasteiger charge is -2.32. The molecule has 0 amide bonds. The summed E-state index contributed by atoms with van der Waals surface area (Å²) in [5, 5.41) is 0.630. The Morgan fingerprint density at radius 2 is 2.36 bits per heavy atom. The third-order valence-electron chi connectivity index (χ3n) is 3.52. The molecule has 7 heteroatoms. The van der Waals surface area contributed by atoms with Gasteiger partial charge >= 0.3 is 0 Å². The molecule has 1 aliphatic rings. The standard InChI is InChI=1S/C15H17ClN4O2/c1-10-6-14(21)19-15(18-10)13-9-20(4-5-22-13)8-12-3-2-11(16)7-17-12/h2-3,6-7,13H,4-5,8-9H2,1H3,(H,18,19,21)/t13-/m0/s1. The van der Waals surface area contributed by atoms with Crippen molar-refractivity contribution < 1.29 is 4.74 Å². The van der Waals surface area contributed by atoms with E-state index in [0.717, 1.165) is 12.2 Å². The van der Waals surface area contributed by atoms with Gasteiger partial charge in [0.2, 0.25) is 0 Å². The van der Waals surface area contributed by atoms with Crippen molar-refractivity contribution in [1.82, 2.24) is 19.9 Å². The normalized spacial score (nSPS) is 19.3. The van der Waals surface area contributed by atoms with E-state index in [1.54, 1.807) is 13.1 Å². The summed E-state index contributed by atoms with van der Waals surface area (Å²) >= 11 is 5.85. The Bertz CT molecular complexity index is 701. The number of aromatic nitrogens is 3. The van der Waals surface area contributed by atoms with E-state index in [0.29, 0.717) is 36.2 Å². The number of aromatic amines is 1. The van der Waals surface area contributed by atoms with Gasteiger partial charge in [0, 0.05) is 37.6 Å². The molecule has 0 spiro atoms. The molecule has 0 bridgehead atoms. The molecule has 22 heavy (non-hydrogen) atoms. The van der Waals surface area contributed by atoms with Crippen molar-refractivity contribution in [2.45, 2.75) is 19.6 Å². The fourth-order valence-electron chi connectivity index (χ4n) is 2.50. The van der Waals surface area contributed by atoms with Crippen LogP contribution in [0, 0.1) is 6.92 Å². The number of hydrogen-bond acceptors (Lipinski definition) is 5. The van der Waals surface area contributed by atoms with Gasteiger partial charge in [-0.1, -0.05) is 11.6 Å². The molecule has 1 aliphatic heterocycles. The first kappa shape index (κ1) is 15.1. The smallest absolute Gasteiger partial charge is 0.251 e. The Morgan fingerprint density at radius 1 is 1.50 bits per heavy atom. The largest absolute Gasteiger partial charge is 0.368 e. The van der Waals surface area contributed by atoms with Crippen molar-refractivity contribution in [3.63, 3.8) is 0 Å². The highest BCUT2D eigenvalue weighted by Gasteiger charge is 2.24. The molecule has 0 radical (unpaired) electrons. The maximum atomic E-state index is 11.6. The van der Waals surface area contributed by atoms with E-state index in [4.69, 9.17) is 16.3 Å². The van der Waals surface area contributed by atoms with Crippen LogP contribution in [0.25, 0.3) is 0 Å². The van der Waals surface area contributed by atoms with Crippen molar-refractivity contribution in [2.75, 3.05) is 19.7 Å². The minimum absolute atomic E-state index is 0.150. The quantitative estimate of drug-likeness (QED) is 0.932. The van der Waals surface area contributed by atoms with Crippen molar-refractivity contribution in [2.24, 2.45) is 0 Å². The van der Waals surface area contributed by atoms with Gasteiger partial charge in [-0.05, 0) is 19.1 Å². The molecule has 3 heterocycles. The summed E-state index contributed by atoms with van der Waals surface area (Å²) < 4.78 is 5.75. The van der Waals surface area contributed by atoms with Gasteiger partial charge in [-0.15, -0.1) is 0 Å². The zero-order chi connectivity index (χ0) is 15.5. The summed E-state index contributed by atoms with van der Waals surface area (Å²) in [6.45, 7) is 4.59. The number of halogens is 1. The summed E-state index contributed by atoms with van der Waals surface area (Å²) in [5.74, 6) is 0.582. The summed E-state index contributed by atoms with van der Waals surface area (Å²) in [4.78, 5) is 25.2. The molecule has 0 saturated carbocycles. The fourth-order valence-corrected chi connectivity index (χ4v) is 2.61. The van der Waals surface area contributed by atoms with Gasteiger partial charge in [0.05, 0.1) is 17.3 Å². The highest BCUT2D eigenvalue weighted by molar-refractivity contribution is 6.30. The first-order chi connectivity index (χ1) is 10.6. The number of morpholine rings is 1. The van der Waals surface area contributed by atoms with Gasteiger partial charge in [0.25, 0.3) is 5.56 Å². The van der Waals surface area contributed by atoms with E-state index in [-0.39, 0.29) is 11.7 Å². The van der Waals surface area contributed by atoms with Gasteiger partial charge in [-0.2, -0.15) is 0 Å². The number of hydrogen-bond donors (Lipinski definition) is 1. The summed E-state index contributed by atoms with van der Waals surface area (Å²) in [7, 11) is 0. The van der Waals surface area contributed by atoms with Crippen LogP contribution < -0.4 is 5.56 Å². The van der Waals surface area contributed by atoms with Crippen LogP contribution in [0.3, 0.4) is 0 Å². The number of nitrogens with one attached hydrogen (secondary N) is 1. The summed E-state index contributed by atoms with van der Waals surface area (Å²) in [6, 6.07) is 5.22. The molecule has 3 rings (SSSR count). The van der Waals surface area contributed by atoms with Crippen LogP contribution in [0.1, 0.15) is 23.3 Å². The molecule has 1 fully saturated rings. The predicted molar refractivity (Wildman–Crippen MR) is 82.8 cm³/mol. The van der Waals surface area contributed by atoms with Gasteiger partial charge in [-0.25, -0.2) is 4.98 Å². The topological polar surface area (TPSA) is 71.1 Å². The highest BCUT2D eigenvalue weighted by atomic mass is 35.5. The molecule has 0 aromatic carbocycles. The maximum absolute atomic E-state index is 11.6. The van der Waals surface area contributed by atoms with Crippen molar-refractivity contribution in [1.29, 1.82) is 0 Å². The Labute approximate surface area is 133 Å². The molecule has 0 unspecified atom stereocenters. The monoisotopic (exact) mass is 320 g/mol. The lowest BCUT2D eigenvalue weighted by molar-refractivity contribution is -0.0377. The highest BCUT2D eigenvalue weighted by Crippen LogP contribution is 2.20. The number of rotatable bonds is 3. The van der Waals surface area contributed by atoms with Crippen molar-refractivity contribution in [3.8, 4) is 0 Å². The van der Waals surface area contributed by atoms with E-state index in [1.165, 1.54) is 6.07 Å². The first-order valence-corrected chi connectivity index (χ1v) is 7.50. The van der Waals surface area contributed by atoms with Crippen molar-refractivity contribution >= 4 is 11.6 Å². The minimum atomic E-state index is -0.228. The lowest BCUT2D eigenvalue weighted by atomic mass is 10.2. The summed E-state index contributed by atoms with van der Waals surface area (Å²) in [5.41, 5.74) is 1.50. The molecular formula is C15H17ClN4O2.